The number of hydrogen-bond donors (Lipinski definition) is 1. The van der Waals surface area contributed by atoms with Crippen molar-refractivity contribution in [2.75, 3.05) is 13.1 Å². The van der Waals surface area contributed by atoms with Gasteiger partial charge in [-0.3, -0.25) is 9.59 Å². The zero-order valence-electron chi connectivity index (χ0n) is 19.5. The van der Waals surface area contributed by atoms with Crippen molar-refractivity contribution in [3.8, 4) is 0 Å². The predicted molar refractivity (Wildman–Crippen MR) is 131 cm³/mol. The van der Waals surface area contributed by atoms with Crippen molar-refractivity contribution >= 4 is 22.8 Å². The molecule has 1 aromatic heterocycles. The summed E-state index contributed by atoms with van der Waals surface area (Å²) in [5, 5.41) is 3.11. The standard InChI is InChI=1S/C27H34N4O2/c1-21(28-25(32)16-15-22-11-5-4-6-12-22)27-29-23-13-7-8-14-24(23)31(27)20-17-26(33)30-18-9-2-3-10-19-30/h4-8,11-14,21H,2-3,9-10,15-20H2,1H3,(H,28,32). The van der Waals surface area contributed by atoms with E-state index >= 15 is 0 Å². The topological polar surface area (TPSA) is 67.2 Å². The molecule has 6 heteroatoms. The molecule has 2 aromatic carbocycles. The Morgan fingerprint density at radius 2 is 1.64 bits per heavy atom. The highest BCUT2D eigenvalue weighted by Crippen LogP contribution is 2.22. The Morgan fingerprint density at radius 3 is 2.39 bits per heavy atom. The number of hydrogen-bond acceptors (Lipinski definition) is 3. The molecular formula is C27H34N4O2. The Kier molecular flexibility index (Phi) is 7.76. The Bertz CT molecular complexity index is 1070. The first kappa shape index (κ1) is 23.0. The molecule has 4 rings (SSSR count). The minimum Gasteiger partial charge on any atom is -0.346 e. The number of fused-ring (bicyclic) bond motifs is 1. The number of aryl methyl sites for hydroxylation is 2. The summed E-state index contributed by atoms with van der Waals surface area (Å²) >= 11 is 0. The summed E-state index contributed by atoms with van der Waals surface area (Å²) in [6.45, 7) is 4.26. The number of nitrogens with zero attached hydrogens (tertiary/aromatic N) is 3. The van der Waals surface area contributed by atoms with Crippen LogP contribution in [0.25, 0.3) is 11.0 Å². The SMILES string of the molecule is CC(NC(=O)CCc1ccccc1)c1nc2ccccc2n1CCC(=O)N1CCCCCC1. The number of aromatic nitrogens is 2. The summed E-state index contributed by atoms with van der Waals surface area (Å²) in [5.74, 6) is 1.01. The van der Waals surface area contributed by atoms with Gasteiger partial charge in [-0.2, -0.15) is 0 Å². The molecule has 1 aliphatic rings. The maximum atomic E-state index is 12.9. The van der Waals surface area contributed by atoms with E-state index in [4.69, 9.17) is 4.98 Å². The van der Waals surface area contributed by atoms with Crippen LogP contribution in [0.1, 0.15) is 62.9 Å². The van der Waals surface area contributed by atoms with E-state index in [2.05, 4.69) is 9.88 Å². The van der Waals surface area contributed by atoms with Gasteiger partial charge in [0.05, 0.1) is 17.1 Å². The highest BCUT2D eigenvalue weighted by molar-refractivity contribution is 5.79. The van der Waals surface area contributed by atoms with Gasteiger partial charge in [0.2, 0.25) is 11.8 Å². The Labute approximate surface area is 196 Å². The molecular weight excluding hydrogens is 412 g/mol. The van der Waals surface area contributed by atoms with Gasteiger partial charge in [0.25, 0.3) is 0 Å². The van der Waals surface area contributed by atoms with Crippen LogP contribution < -0.4 is 5.32 Å². The fourth-order valence-electron chi connectivity index (χ4n) is 4.63. The smallest absolute Gasteiger partial charge is 0.224 e. The van der Waals surface area contributed by atoms with Crippen LogP contribution in [-0.4, -0.2) is 39.4 Å². The summed E-state index contributed by atoms with van der Waals surface area (Å²) in [6, 6.07) is 17.8. The van der Waals surface area contributed by atoms with Gasteiger partial charge in [-0.25, -0.2) is 4.98 Å². The van der Waals surface area contributed by atoms with E-state index in [1.807, 2.05) is 66.4 Å². The van der Waals surface area contributed by atoms with E-state index in [-0.39, 0.29) is 17.9 Å². The van der Waals surface area contributed by atoms with Crippen LogP contribution in [0.15, 0.2) is 54.6 Å². The number of nitrogens with one attached hydrogen (secondary N) is 1. The van der Waals surface area contributed by atoms with Gasteiger partial charge in [0.15, 0.2) is 0 Å². The van der Waals surface area contributed by atoms with Crippen LogP contribution in [0.3, 0.4) is 0 Å². The molecule has 33 heavy (non-hydrogen) atoms. The third kappa shape index (κ3) is 6.01. The van der Waals surface area contributed by atoms with Gasteiger partial charge in [0, 0.05) is 32.5 Å². The first-order chi connectivity index (χ1) is 16.1. The van der Waals surface area contributed by atoms with Crippen LogP contribution in [0.4, 0.5) is 0 Å². The summed E-state index contributed by atoms with van der Waals surface area (Å²) in [4.78, 5) is 32.3. The van der Waals surface area contributed by atoms with Crippen molar-refractivity contribution < 1.29 is 9.59 Å². The van der Waals surface area contributed by atoms with E-state index in [1.54, 1.807) is 0 Å². The third-order valence-electron chi connectivity index (χ3n) is 6.44. The second kappa shape index (κ2) is 11.1. The molecule has 0 bridgehead atoms. The van der Waals surface area contributed by atoms with Gasteiger partial charge in [-0.05, 0) is 43.9 Å². The summed E-state index contributed by atoms with van der Waals surface area (Å²) < 4.78 is 2.10. The second-order valence-corrected chi connectivity index (χ2v) is 8.93. The lowest BCUT2D eigenvalue weighted by molar-refractivity contribution is -0.131. The maximum Gasteiger partial charge on any atom is 0.224 e. The van der Waals surface area contributed by atoms with Gasteiger partial charge in [0.1, 0.15) is 5.82 Å². The minimum absolute atomic E-state index is 0.00519. The molecule has 3 aromatic rings. The van der Waals surface area contributed by atoms with Crippen LogP contribution in [-0.2, 0) is 22.6 Å². The first-order valence-corrected chi connectivity index (χ1v) is 12.2. The van der Waals surface area contributed by atoms with Gasteiger partial charge in [-0.1, -0.05) is 55.3 Å². The molecule has 2 amide bonds. The number of carbonyl (C=O) groups is 2. The molecule has 1 aliphatic heterocycles. The number of likely N-dealkylation sites (tertiary alicyclic amines) is 1. The van der Waals surface area contributed by atoms with E-state index in [0.29, 0.717) is 25.8 Å². The fraction of sp³-hybridized carbons (Fsp3) is 0.444. The summed E-state index contributed by atoms with van der Waals surface area (Å²) in [7, 11) is 0. The Hall–Kier alpha value is -3.15. The highest BCUT2D eigenvalue weighted by atomic mass is 16.2. The zero-order valence-corrected chi connectivity index (χ0v) is 19.5. The van der Waals surface area contributed by atoms with Gasteiger partial charge in [-0.15, -0.1) is 0 Å². The minimum atomic E-state index is -0.242. The molecule has 1 saturated heterocycles. The molecule has 0 radical (unpaired) electrons. The number of benzene rings is 2. The summed E-state index contributed by atoms with van der Waals surface area (Å²) in [5.41, 5.74) is 3.04. The maximum absolute atomic E-state index is 12.9. The lowest BCUT2D eigenvalue weighted by Gasteiger charge is -2.21. The number of carbonyl (C=O) groups excluding carboxylic acids is 2. The van der Waals surface area contributed by atoms with E-state index in [9.17, 15) is 9.59 Å². The van der Waals surface area contributed by atoms with E-state index in [0.717, 1.165) is 48.4 Å². The molecule has 0 aliphatic carbocycles. The van der Waals surface area contributed by atoms with E-state index in [1.165, 1.54) is 12.8 Å². The van der Waals surface area contributed by atoms with Crippen molar-refractivity contribution in [1.82, 2.24) is 19.8 Å². The Balaban J connectivity index is 1.43. The van der Waals surface area contributed by atoms with Crippen molar-refractivity contribution in [2.45, 2.75) is 64.5 Å². The monoisotopic (exact) mass is 446 g/mol. The van der Waals surface area contributed by atoms with Crippen molar-refractivity contribution in [2.24, 2.45) is 0 Å². The second-order valence-electron chi connectivity index (χ2n) is 8.93. The lowest BCUT2D eigenvalue weighted by atomic mass is 10.1. The van der Waals surface area contributed by atoms with E-state index < -0.39 is 0 Å². The molecule has 2 heterocycles. The molecule has 174 valence electrons. The predicted octanol–water partition coefficient (Wildman–Crippen LogP) is 4.64. The highest BCUT2D eigenvalue weighted by Gasteiger charge is 2.21. The van der Waals surface area contributed by atoms with Gasteiger partial charge < -0.3 is 14.8 Å². The zero-order chi connectivity index (χ0) is 23.0. The number of para-hydroxylation sites is 2. The quantitative estimate of drug-likeness (QED) is 0.548. The number of rotatable bonds is 8. The van der Waals surface area contributed by atoms with Crippen molar-refractivity contribution in [1.29, 1.82) is 0 Å². The summed E-state index contributed by atoms with van der Waals surface area (Å²) in [6.07, 6.45) is 6.20. The molecule has 6 nitrogen and oxygen atoms in total. The average Bonchev–Trinajstić information content (AvgIpc) is 3.00. The molecule has 1 N–H and O–H groups in total. The Morgan fingerprint density at radius 1 is 0.939 bits per heavy atom. The first-order valence-electron chi connectivity index (χ1n) is 12.2. The average molecular weight is 447 g/mol. The normalized spacial score (nSPS) is 15.2. The number of amides is 2. The lowest BCUT2D eigenvalue weighted by Crippen LogP contribution is -2.33. The molecule has 1 fully saturated rings. The van der Waals surface area contributed by atoms with Gasteiger partial charge >= 0.3 is 0 Å². The van der Waals surface area contributed by atoms with Crippen molar-refractivity contribution in [3.63, 3.8) is 0 Å². The van der Waals surface area contributed by atoms with Crippen LogP contribution >= 0.6 is 0 Å². The molecule has 1 atom stereocenters. The molecule has 0 saturated carbocycles. The number of imidazole rings is 1. The third-order valence-corrected chi connectivity index (χ3v) is 6.44. The largest absolute Gasteiger partial charge is 0.346 e. The van der Waals surface area contributed by atoms with Crippen LogP contribution in [0.2, 0.25) is 0 Å². The molecule has 1 unspecified atom stereocenters. The fourth-order valence-corrected chi connectivity index (χ4v) is 4.63. The molecule has 0 spiro atoms. The van der Waals surface area contributed by atoms with Crippen LogP contribution in [0.5, 0.6) is 0 Å². The van der Waals surface area contributed by atoms with Crippen LogP contribution in [0, 0.1) is 0 Å². The van der Waals surface area contributed by atoms with Crippen molar-refractivity contribution in [3.05, 3.63) is 66.0 Å².